The van der Waals surface area contributed by atoms with Crippen molar-refractivity contribution in [1.82, 2.24) is 25.4 Å². The first-order valence-corrected chi connectivity index (χ1v) is 10.9. The number of aliphatic imine (C=N–C) groups is 1. The molecule has 29 heavy (non-hydrogen) atoms. The minimum Gasteiger partial charge on any atom is -0.357 e. The number of guanidine groups is 1. The van der Waals surface area contributed by atoms with E-state index < -0.39 is 0 Å². The molecule has 2 fully saturated rings. The maximum atomic E-state index is 12.2. The van der Waals surface area contributed by atoms with Crippen LogP contribution in [0.5, 0.6) is 0 Å². The Balaban J connectivity index is 1.50. The zero-order valence-electron chi connectivity index (χ0n) is 17.9. The summed E-state index contributed by atoms with van der Waals surface area (Å²) in [5.41, 5.74) is 1.06. The van der Waals surface area contributed by atoms with Gasteiger partial charge in [0.05, 0.1) is 13.1 Å². The summed E-state index contributed by atoms with van der Waals surface area (Å²) < 4.78 is 0. The summed E-state index contributed by atoms with van der Waals surface area (Å²) in [5, 5.41) is 6.36. The number of hydrogen-bond acceptors (Lipinski definition) is 5. The first-order chi connectivity index (χ1) is 14.2. The van der Waals surface area contributed by atoms with Crippen LogP contribution < -0.4 is 15.5 Å². The van der Waals surface area contributed by atoms with E-state index in [4.69, 9.17) is 0 Å². The van der Waals surface area contributed by atoms with Crippen molar-refractivity contribution in [3.8, 4) is 0 Å². The van der Waals surface area contributed by atoms with Gasteiger partial charge in [0.25, 0.3) is 0 Å². The van der Waals surface area contributed by atoms with Gasteiger partial charge in [-0.3, -0.25) is 4.79 Å². The molecule has 0 atom stereocenters. The van der Waals surface area contributed by atoms with Crippen LogP contribution in [0.2, 0.25) is 0 Å². The molecule has 0 radical (unpaired) electrons. The number of anilines is 1. The predicted molar refractivity (Wildman–Crippen MR) is 117 cm³/mol. The van der Waals surface area contributed by atoms with E-state index in [1.807, 2.05) is 18.0 Å². The molecule has 0 saturated carbocycles. The lowest BCUT2D eigenvalue weighted by molar-refractivity contribution is -0.128. The highest BCUT2D eigenvalue weighted by atomic mass is 16.2. The van der Waals surface area contributed by atoms with Crippen LogP contribution in [0.15, 0.2) is 23.3 Å². The summed E-state index contributed by atoms with van der Waals surface area (Å²) in [4.78, 5) is 28.2. The van der Waals surface area contributed by atoms with Gasteiger partial charge in [-0.25, -0.2) is 9.98 Å². The number of pyridine rings is 1. The van der Waals surface area contributed by atoms with E-state index in [-0.39, 0.29) is 12.5 Å². The van der Waals surface area contributed by atoms with Crippen molar-refractivity contribution in [2.75, 3.05) is 63.8 Å². The number of amides is 1. The van der Waals surface area contributed by atoms with Crippen LogP contribution in [-0.4, -0.2) is 85.6 Å². The molecule has 2 N–H and O–H groups in total. The summed E-state index contributed by atoms with van der Waals surface area (Å²) in [6, 6.07) is 4.18. The number of nitrogens with zero attached hydrogens (tertiary/aromatic N) is 5. The Hall–Kier alpha value is -2.35. The Morgan fingerprint density at radius 2 is 1.83 bits per heavy atom. The topological polar surface area (TPSA) is 76.1 Å². The average Bonchev–Trinajstić information content (AvgIpc) is 3.31. The quantitative estimate of drug-likeness (QED) is 0.522. The summed E-state index contributed by atoms with van der Waals surface area (Å²) in [6.45, 7) is 12.9. The molecular formula is C21H35N7O. The summed E-state index contributed by atoms with van der Waals surface area (Å²) in [6.07, 6.45) is 4.12. The minimum atomic E-state index is 0.141. The highest BCUT2D eigenvalue weighted by molar-refractivity contribution is 5.86. The van der Waals surface area contributed by atoms with Crippen molar-refractivity contribution < 1.29 is 4.79 Å². The second-order valence-corrected chi connectivity index (χ2v) is 7.58. The second kappa shape index (κ2) is 11.0. The number of likely N-dealkylation sites (tertiary alicyclic amines) is 1. The van der Waals surface area contributed by atoms with Crippen LogP contribution in [0.4, 0.5) is 5.82 Å². The fraction of sp³-hybridized carbons (Fsp3) is 0.667. The first kappa shape index (κ1) is 21.4. The molecule has 0 unspecified atom stereocenters. The van der Waals surface area contributed by atoms with Crippen molar-refractivity contribution in [1.29, 1.82) is 0 Å². The molecule has 2 aliphatic heterocycles. The molecule has 8 heteroatoms. The van der Waals surface area contributed by atoms with Crippen LogP contribution in [0.1, 0.15) is 32.3 Å². The normalized spacial score (nSPS) is 18.2. The molecule has 3 heterocycles. The van der Waals surface area contributed by atoms with Gasteiger partial charge in [0, 0.05) is 52.0 Å². The lowest BCUT2D eigenvalue weighted by Gasteiger charge is -2.34. The zero-order chi connectivity index (χ0) is 20.5. The number of rotatable bonds is 7. The number of piperazine rings is 1. The molecule has 2 saturated heterocycles. The number of hydrogen-bond donors (Lipinski definition) is 2. The molecule has 3 rings (SSSR count). The number of nitrogens with one attached hydrogen (secondary N) is 2. The first-order valence-electron chi connectivity index (χ1n) is 10.9. The van der Waals surface area contributed by atoms with E-state index in [9.17, 15) is 4.79 Å². The van der Waals surface area contributed by atoms with Gasteiger partial charge in [-0.2, -0.15) is 0 Å². The molecule has 8 nitrogen and oxygen atoms in total. The number of likely N-dealkylation sites (N-methyl/N-ethyl adjacent to an activating group) is 1. The van der Waals surface area contributed by atoms with Gasteiger partial charge in [0.15, 0.2) is 5.96 Å². The van der Waals surface area contributed by atoms with E-state index in [0.717, 1.165) is 76.6 Å². The van der Waals surface area contributed by atoms with E-state index in [0.29, 0.717) is 12.5 Å². The largest absolute Gasteiger partial charge is 0.357 e. The van der Waals surface area contributed by atoms with Gasteiger partial charge in [0.1, 0.15) is 5.82 Å². The molecule has 0 aromatic carbocycles. The van der Waals surface area contributed by atoms with Gasteiger partial charge in [0.2, 0.25) is 5.91 Å². The minimum absolute atomic E-state index is 0.141. The maximum absolute atomic E-state index is 12.2. The smallest absolute Gasteiger partial charge is 0.241 e. The van der Waals surface area contributed by atoms with E-state index in [1.165, 1.54) is 0 Å². The highest BCUT2D eigenvalue weighted by Gasteiger charge is 2.18. The van der Waals surface area contributed by atoms with Gasteiger partial charge in [-0.15, -0.1) is 0 Å². The summed E-state index contributed by atoms with van der Waals surface area (Å²) in [5.74, 6) is 1.84. The molecule has 0 aliphatic carbocycles. The van der Waals surface area contributed by atoms with Crippen molar-refractivity contribution in [2.45, 2.75) is 33.2 Å². The third-order valence-electron chi connectivity index (χ3n) is 5.58. The van der Waals surface area contributed by atoms with Crippen molar-refractivity contribution in [2.24, 2.45) is 4.99 Å². The van der Waals surface area contributed by atoms with Crippen molar-refractivity contribution in [3.05, 3.63) is 23.9 Å². The van der Waals surface area contributed by atoms with Crippen LogP contribution in [0.25, 0.3) is 0 Å². The van der Waals surface area contributed by atoms with E-state index in [1.54, 1.807) is 0 Å². The highest BCUT2D eigenvalue weighted by Crippen LogP contribution is 2.14. The Kier molecular flexibility index (Phi) is 8.10. The summed E-state index contributed by atoms with van der Waals surface area (Å²) in [7, 11) is 0. The monoisotopic (exact) mass is 401 g/mol. The van der Waals surface area contributed by atoms with Gasteiger partial charge in [-0.05, 0) is 37.9 Å². The lowest BCUT2D eigenvalue weighted by atomic mass is 10.2. The van der Waals surface area contributed by atoms with Gasteiger partial charge >= 0.3 is 0 Å². The van der Waals surface area contributed by atoms with Crippen LogP contribution in [-0.2, 0) is 11.3 Å². The molecule has 1 amide bonds. The number of carbonyl (C=O) groups excluding carboxylic acids is 1. The Bertz CT molecular complexity index is 662. The molecule has 160 valence electrons. The van der Waals surface area contributed by atoms with E-state index >= 15 is 0 Å². The second-order valence-electron chi connectivity index (χ2n) is 7.58. The molecule has 1 aromatic rings. The Morgan fingerprint density at radius 1 is 1.07 bits per heavy atom. The molecular weight excluding hydrogens is 366 g/mol. The van der Waals surface area contributed by atoms with Crippen LogP contribution in [0, 0.1) is 0 Å². The fourth-order valence-electron chi connectivity index (χ4n) is 3.74. The van der Waals surface area contributed by atoms with Crippen LogP contribution >= 0.6 is 0 Å². The molecule has 0 bridgehead atoms. The Morgan fingerprint density at radius 3 is 2.45 bits per heavy atom. The predicted octanol–water partition coefficient (Wildman–Crippen LogP) is 0.901. The van der Waals surface area contributed by atoms with Crippen molar-refractivity contribution >= 4 is 17.7 Å². The molecule has 2 aliphatic rings. The van der Waals surface area contributed by atoms with Gasteiger partial charge < -0.3 is 25.3 Å². The average molecular weight is 402 g/mol. The zero-order valence-corrected chi connectivity index (χ0v) is 17.9. The maximum Gasteiger partial charge on any atom is 0.241 e. The van der Waals surface area contributed by atoms with E-state index in [2.05, 4.69) is 49.5 Å². The standard InChI is InChI=1S/C21H35N7O/c1-3-22-21(25-17-20(29)28-9-5-6-10-28)24-16-18-7-8-19(23-15-18)27-13-11-26(4-2)12-14-27/h7-8,15H,3-6,9-14,16-17H2,1-2H3,(H2,22,24,25). The molecule has 0 spiro atoms. The van der Waals surface area contributed by atoms with Crippen molar-refractivity contribution in [3.63, 3.8) is 0 Å². The summed E-state index contributed by atoms with van der Waals surface area (Å²) >= 11 is 0. The molecule has 1 aromatic heterocycles. The van der Waals surface area contributed by atoms with Gasteiger partial charge in [-0.1, -0.05) is 13.0 Å². The third-order valence-corrected chi connectivity index (χ3v) is 5.58. The lowest BCUT2D eigenvalue weighted by Crippen LogP contribution is -2.46. The Labute approximate surface area is 174 Å². The fourth-order valence-corrected chi connectivity index (χ4v) is 3.74. The third kappa shape index (κ3) is 6.32. The number of aromatic nitrogens is 1. The van der Waals surface area contributed by atoms with Crippen LogP contribution in [0.3, 0.4) is 0 Å². The SMILES string of the molecule is CCNC(=NCc1ccc(N2CCN(CC)CC2)nc1)NCC(=O)N1CCCC1. The number of carbonyl (C=O) groups is 1.